The number of carbonyl (C=O) groups excluding carboxylic acids is 2. The number of hydrogen-bond donors (Lipinski definition) is 0. The molecule has 27 heavy (non-hydrogen) atoms. The number of ether oxygens (including phenoxy) is 1. The molecule has 2 amide bonds. The second-order valence-corrected chi connectivity index (χ2v) is 6.15. The number of carbonyl (C=O) groups is 2. The molecule has 0 N–H and O–H groups in total. The maximum absolute atomic E-state index is 13.5. The summed E-state index contributed by atoms with van der Waals surface area (Å²) < 4.78 is 31.9. The first-order chi connectivity index (χ1) is 13.0. The van der Waals surface area contributed by atoms with Crippen LogP contribution in [0.4, 0.5) is 14.5 Å². The van der Waals surface area contributed by atoms with Crippen molar-refractivity contribution in [1.29, 1.82) is 0 Å². The van der Waals surface area contributed by atoms with Crippen LogP contribution in [0.25, 0.3) is 0 Å². The van der Waals surface area contributed by atoms with E-state index < -0.39 is 35.5 Å². The van der Waals surface area contributed by atoms with Crippen molar-refractivity contribution in [3.05, 3.63) is 59.7 Å². The summed E-state index contributed by atoms with van der Waals surface area (Å²) in [6.07, 6.45) is 0. The third kappa shape index (κ3) is 2.80. The third-order valence-corrected chi connectivity index (χ3v) is 4.50. The van der Waals surface area contributed by atoms with Crippen LogP contribution in [0.3, 0.4) is 0 Å². The molecule has 2 atom stereocenters. The number of rotatable bonds is 4. The van der Waals surface area contributed by atoms with Gasteiger partial charge in [0, 0.05) is 6.07 Å². The molecule has 138 valence electrons. The van der Waals surface area contributed by atoms with Crippen molar-refractivity contribution in [3.8, 4) is 5.75 Å². The van der Waals surface area contributed by atoms with Crippen molar-refractivity contribution < 1.29 is 23.1 Å². The van der Waals surface area contributed by atoms with E-state index in [4.69, 9.17) is 4.74 Å². The van der Waals surface area contributed by atoms with Crippen LogP contribution in [0, 0.1) is 11.6 Å². The highest BCUT2D eigenvalue weighted by Gasteiger charge is 2.54. The molecule has 2 heterocycles. The van der Waals surface area contributed by atoms with Crippen LogP contribution in [0.2, 0.25) is 0 Å². The number of anilines is 1. The molecule has 1 saturated heterocycles. The number of benzene rings is 2. The van der Waals surface area contributed by atoms with Gasteiger partial charge in [0.25, 0.3) is 11.8 Å². The van der Waals surface area contributed by atoms with Crippen LogP contribution in [0.1, 0.15) is 5.56 Å². The van der Waals surface area contributed by atoms with Crippen molar-refractivity contribution in [1.82, 2.24) is 5.01 Å². The van der Waals surface area contributed by atoms with Crippen molar-refractivity contribution in [2.75, 3.05) is 12.0 Å². The normalized spacial score (nSPS) is 21.1. The number of imide groups is 1. The average Bonchev–Trinajstić information content (AvgIpc) is 3.18. The Bertz CT molecular complexity index is 965. The number of fused-ring (bicyclic) bond motifs is 1. The Kier molecular flexibility index (Phi) is 4.06. The molecule has 2 aliphatic rings. The summed E-state index contributed by atoms with van der Waals surface area (Å²) in [6.45, 7) is 0.243. The highest BCUT2D eigenvalue weighted by Crippen LogP contribution is 2.33. The summed E-state index contributed by atoms with van der Waals surface area (Å²) >= 11 is 0. The molecule has 0 aliphatic carbocycles. The van der Waals surface area contributed by atoms with Gasteiger partial charge in [-0.3, -0.25) is 14.6 Å². The second-order valence-electron chi connectivity index (χ2n) is 6.15. The van der Waals surface area contributed by atoms with E-state index in [1.54, 1.807) is 25.3 Å². The fraction of sp³-hybridized carbons (Fsp3) is 0.222. The average molecular weight is 372 g/mol. The van der Waals surface area contributed by atoms with Crippen LogP contribution < -0.4 is 9.64 Å². The van der Waals surface area contributed by atoms with Crippen molar-refractivity contribution in [2.24, 2.45) is 10.3 Å². The Morgan fingerprint density at radius 2 is 1.89 bits per heavy atom. The molecule has 4 rings (SSSR count). The van der Waals surface area contributed by atoms with Gasteiger partial charge in [-0.05, 0) is 29.8 Å². The van der Waals surface area contributed by atoms with E-state index in [9.17, 15) is 18.4 Å². The zero-order chi connectivity index (χ0) is 19.1. The quantitative estimate of drug-likeness (QED) is 0.773. The van der Waals surface area contributed by atoms with E-state index in [1.165, 1.54) is 11.1 Å². The van der Waals surface area contributed by atoms with Gasteiger partial charge in [0.15, 0.2) is 23.7 Å². The first-order valence-corrected chi connectivity index (χ1v) is 8.13. The van der Waals surface area contributed by atoms with Gasteiger partial charge >= 0.3 is 0 Å². The highest BCUT2D eigenvalue weighted by atomic mass is 19.2. The molecular formula is C18H14F2N4O3. The molecular weight excluding hydrogens is 358 g/mol. The van der Waals surface area contributed by atoms with Gasteiger partial charge in [0.05, 0.1) is 19.3 Å². The summed E-state index contributed by atoms with van der Waals surface area (Å²) in [5.41, 5.74) is 0.787. The smallest absolute Gasteiger partial charge is 0.263 e. The van der Waals surface area contributed by atoms with Crippen LogP contribution in [-0.4, -0.2) is 36.0 Å². The van der Waals surface area contributed by atoms with E-state index in [2.05, 4.69) is 10.3 Å². The van der Waals surface area contributed by atoms with E-state index in [-0.39, 0.29) is 12.2 Å². The van der Waals surface area contributed by atoms with E-state index >= 15 is 0 Å². The lowest BCUT2D eigenvalue weighted by atomic mass is 10.1. The molecule has 9 heteroatoms. The molecule has 2 unspecified atom stereocenters. The van der Waals surface area contributed by atoms with Crippen LogP contribution in [0.5, 0.6) is 5.75 Å². The summed E-state index contributed by atoms with van der Waals surface area (Å²) in [4.78, 5) is 26.2. The van der Waals surface area contributed by atoms with Gasteiger partial charge in [-0.15, -0.1) is 0 Å². The van der Waals surface area contributed by atoms with Gasteiger partial charge in [0.1, 0.15) is 5.75 Å². The maximum Gasteiger partial charge on any atom is 0.263 e. The second kappa shape index (κ2) is 6.42. The van der Waals surface area contributed by atoms with Crippen LogP contribution in [-0.2, 0) is 16.1 Å². The van der Waals surface area contributed by atoms with Crippen molar-refractivity contribution in [3.63, 3.8) is 0 Å². The summed E-state index contributed by atoms with van der Waals surface area (Å²) in [5, 5.41) is 9.27. The largest absolute Gasteiger partial charge is 0.497 e. The Morgan fingerprint density at radius 3 is 2.63 bits per heavy atom. The van der Waals surface area contributed by atoms with Gasteiger partial charge < -0.3 is 4.74 Å². The van der Waals surface area contributed by atoms with Crippen molar-refractivity contribution >= 4 is 17.5 Å². The first-order valence-electron chi connectivity index (χ1n) is 8.13. The van der Waals surface area contributed by atoms with E-state index in [0.717, 1.165) is 22.6 Å². The molecule has 0 spiro atoms. The van der Waals surface area contributed by atoms with Gasteiger partial charge in [0.2, 0.25) is 0 Å². The van der Waals surface area contributed by atoms with Gasteiger partial charge in [-0.2, -0.15) is 5.11 Å². The molecule has 2 aliphatic heterocycles. The minimum atomic E-state index is -1.14. The molecule has 0 bridgehead atoms. The topological polar surface area (TPSA) is 74.6 Å². The summed E-state index contributed by atoms with van der Waals surface area (Å²) in [7, 11) is 1.55. The minimum Gasteiger partial charge on any atom is -0.497 e. The van der Waals surface area contributed by atoms with Crippen LogP contribution >= 0.6 is 0 Å². The zero-order valence-electron chi connectivity index (χ0n) is 14.2. The summed E-state index contributed by atoms with van der Waals surface area (Å²) in [5.74, 6) is -2.74. The zero-order valence-corrected chi connectivity index (χ0v) is 14.2. The fourth-order valence-electron chi connectivity index (χ4n) is 3.19. The fourth-order valence-corrected chi connectivity index (χ4v) is 3.19. The maximum atomic E-state index is 13.5. The summed E-state index contributed by atoms with van der Waals surface area (Å²) in [6, 6.07) is 8.15. The Labute approximate surface area is 152 Å². The molecule has 0 radical (unpaired) electrons. The molecule has 7 nitrogen and oxygen atoms in total. The van der Waals surface area contributed by atoms with Crippen molar-refractivity contribution in [2.45, 2.75) is 18.6 Å². The number of amides is 2. The Morgan fingerprint density at radius 1 is 1.07 bits per heavy atom. The highest BCUT2D eigenvalue weighted by molar-refractivity contribution is 6.25. The molecule has 1 fully saturated rings. The molecule has 0 aromatic heterocycles. The molecule has 2 aromatic carbocycles. The predicted molar refractivity (Wildman–Crippen MR) is 89.8 cm³/mol. The van der Waals surface area contributed by atoms with Gasteiger partial charge in [-0.25, -0.2) is 13.7 Å². The number of nitrogens with zero attached hydrogens (tertiary/aromatic N) is 4. The minimum absolute atomic E-state index is 0.0326. The number of hydrogen-bond acceptors (Lipinski definition) is 6. The lowest BCUT2D eigenvalue weighted by molar-refractivity contribution is -0.123. The first kappa shape index (κ1) is 17.1. The molecule has 0 saturated carbocycles. The van der Waals surface area contributed by atoms with E-state index in [0.29, 0.717) is 5.75 Å². The lowest BCUT2D eigenvalue weighted by Crippen LogP contribution is -2.39. The molecule has 2 aromatic rings. The van der Waals surface area contributed by atoms with E-state index in [1.807, 2.05) is 6.07 Å². The SMILES string of the molecule is COc1cccc(CN2N=NC3C(=O)N(c4ccc(F)c(F)c4)C(=O)C32)c1. The monoisotopic (exact) mass is 372 g/mol. The predicted octanol–water partition coefficient (Wildman–Crippen LogP) is 2.47. The third-order valence-electron chi connectivity index (χ3n) is 4.50. The number of halogens is 2. The lowest BCUT2D eigenvalue weighted by Gasteiger charge is -2.20. The van der Waals surface area contributed by atoms with Gasteiger partial charge in [-0.1, -0.05) is 17.4 Å². The standard InChI is InChI=1S/C18H14F2N4O3/c1-27-12-4-2-3-10(7-12)9-23-16-15(21-22-23)17(25)24(18(16)26)11-5-6-13(19)14(20)8-11/h2-8,15-16H,9H2,1H3. The Hall–Kier alpha value is -3.36. The Balaban J connectivity index is 1.60. The van der Waals surface area contributed by atoms with Crippen LogP contribution in [0.15, 0.2) is 52.8 Å². The number of methoxy groups -OCH3 is 1.